The fourth-order valence-electron chi connectivity index (χ4n) is 2.28. The monoisotopic (exact) mass is 310 g/mol. The van der Waals surface area contributed by atoms with Gasteiger partial charge in [0.1, 0.15) is 0 Å². The number of benzene rings is 3. The molecule has 0 aliphatic carbocycles. The van der Waals surface area contributed by atoms with Gasteiger partial charge in [0.25, 0.3) is 0 Å². The Kier molecular flexibility index (Phi) is 4.26. The number of hydrogen-bond donors (Lipinski definition) is 2. The van der Waals surface area contributed by atoms with E-state index in [1.54, 1.807) is 12.1 Å². The number of carbonyl (C=O) groups excluding carboxylic acids is 1. The Morgan fingerprint density at radius 2 is 1.64 bits per heavy atom. The van der Waals surface area contributed by atoms with Crippen LogP contribution in [0.25, 0.3) is 10.8 Å². The van der Waals surface area contributed by atoms with Crippen molar-refractivity contribution in [3.8, 4) is 0 Å². The summed E-state index contributed by atoms with van der Waals surface area (Å²) in [5.41, 5.74) is 1.68. The first-order chi connectivity index (χ1) is 10.7. The highest BCUT2D eigenvalue weighted by atomic mass is 35.5. The van der Waals surface area contributed by atoms with E-state index < -0.39 is 0 Å². The first-order valence-corrected chi connectivity index (χ1v) is 7.37. The molecule has 0 radical (unpaired) electrons. The fourth-order valence-corrected chi connectivity index (χ4v) is 2.40. The molecule has 1 amide bonds. The highest BCUT2D eigenvalue weighted by Crippen LogP contribution is 2.22. The van der Waals surface area contributed by atoms with E-state index in [-0.39, 0.29) is 12.5 Å². The molecule has 0 aliphatic heterocycles. The zero-order valence-electron chi connectivity index (χ0n) is 11.8. The maximum atomic E-state index is 12.1. The molecule has 0 unspecified atom stereocenters. The predicted octanol–water partition coefficient (Wildman–Crippen LogP) is 4.54. The van der Waals surface area contributed by atoms with Crippen LogP contribution in [0.4, 0.5) is 11.4 Å². The van der Waals surface area contributed by atoms with Crippen LogP contribution < -0.4 is 10.6 Å². The van der Waals surface area contributed by atoms with E-state index in [1.807, 2.05) is 54.6 Å². The van der Waals surface area contributed by atoms with E-state index in [0.717, 1.165) is 22.1 Å². The zero-order valence-corrected chi connectivity index (χ0v) is 12.6. The van der Waals surface area contributed by atoms with Gasteiger partial charge in [0, 0.05) is 21.8 Å². The summed E-state index contributed by atoms with van der Waals surface area (Å²) in [5.74, 6) is -0.0914. The minimum Gasteiger partial charge on any atom is -0.376 e. The quantitative estimate of drug-likeness (QED) is 0.742. The van der Waals surface area contributed by atoms with E-state index in [2.05, 4.69) is 10.6 Å². The van der Waals surface area contributed by atoms with E-state index in [0.29, 0.717) is 5.02 Å². The largest absolute Gasteiger partial charge is 0.376 e. The highest BCUT2D eigenvalue weighted by molar-refractivity contribution is 6.30. The maximum Gasteiger partial charge on any atom is 0.243 e. The normalized spacial score (nSPS) is 10.4. The van der Waals surface area contributed by atoms with E-state index in [1.165, 1.54) is 0 Å². The lowest BCUT2D eigenvalue weighted by molar-refractivity contribution is -0.114. The van der Waals surface area contributed by atoms with Gasteiger partial charge in [-0.2, -0.15) is 0 Å². The minimum absolute atomic E-state index is 0.0914. The lowest BCUT2D eigenvalue weighted by Crippen LogP contribution is -2.21. The van der Waals surface area contributed by atoms with E-state index in [9.17, 15) is 4.79 Å². The van der Waals surface area contributed by atoms with Gasteiger partial charge in [0.15, 0.2) is 0 Å². The molecule has 0 spiro atoms. The maximum absolute atomic E-state index is 12.1. The molecule has 0 saturated heterocycles. The Labute approximate surface area is 133 Å². The molecule has 0 heterocycles. The lowest BCUT2D eigenvalue weighted by Gasteiger charge is -2.10. The summed E-state index contributed by atoms with van der Waals surface area (Å²) in [4.78, 5) is 12.1. The Morgan fingerprint density at radius 3 is 2.45 bits per heavy atom. The van der Waals surface area contributed by atoms with Crippen molar-refractivity contribution in [2.45, 2.75) is 0 Å². The second-order valence-corrected chi connectivity index (χ2v) is 5.37. The molecule has 3 aromatic rings. The molecule has 3 aromatic carbocycles. The van der Waals surface area contributed by atoms with E-state index >= 15 is 0 Å². The van der Waals surface area contributed by atoms with Gasteiger partial charge >= 0.3 is 0 Å². The van der Waals surface area contributed by atoms with Crippen LogP contribution in [0.3, 0.4) is 0 Å². The standard InChI is InChI=1S/C18H15ClN2O/c19-14-8-10-15(11-9-14)20-12-18(22)21-17-7-3-5-13-4-1-2-6-16(13)17/h1-11,20H,12H2,(H,21,22). The highest BCUT2D eigenvalue weighted by Gasteiger charge is 2.05. The average molecular weight is 311 g/mol. The summed E-state index contributed by atoms with van der Waals surface area (Å²) in [6.45, 7) is 0.199. The van der Waals surface area contributed by atoms with Gasteiger partial charge < -0.3 is 10.6 Å². The van der Waals surface area contributed by atoms with Crippen LogP contribution in [0.5, 0.6) is 0 Å². The van der Waals surface area contributed by atoms with Crippen LogP contribution in [0.15, 0.2) is 66.7 Å². The SMILES string of the molecule is O=C(CNc1ccc(Cl)cc1)Nc1cccc2ccccc12. The van der Waals surface area contributed by atoms with Gasteiger partial charge in [-0.05, 0) is 35.7 Å². The second-order valence-electron chi connectivity index (χ2n) is 4.94. The van der Waals surface area contributed by atoms with Crippen molar-refractivity contribution in [2.24, 2.45) is 0 Å². The topological polar surface area (TPSA) is 41.1 Å². The smallest absolute Gasteiger partial charge is 0.243 e. The first-order valence-electron chi connectivity index (χ1n) is 6.99. The van der Waals surface area contributed by atoms with Crippen molar-refractivity contribution in [3.05, 3.63) is 71.8 Å². The molecule has 3 rings (SSSR count). The molecule has 0 aromatic heterocycles. The second kappa shape index (κ2) is 6.50. The number of rotatable bonds is 4. The third kappa shape index (κ3) is 3.38. The van der Waals surface area contributed by atoms with Crippen molar-refractivity contribution >= 4 is 39.7 Å². The molecule has 4 heteroatoms. The third-order valence-electron chi connectivity index (χ3n) is 3.36. The summed E-state index contributed by atoms with van der Waals surface area (Å²) in [6, 6.07) is 21.1. The van der Waals surface area contributed by atoms with Crippen molar-refractivity contribution < 1.29 is 4.79 Å². The summed E-state index contributed by atoms with van der Waals surface area (Å²) < 4.78 is 0. The molecule has 110 valence electrons. The molecule has 0 atom stereocenters. The van der Waals surface area contributed by atoms with Crippen molar-refractivity contribution in [1.82, 2.24) is 0 Å². The third-order valence-corrected chi connectivity index (χ3v) is 3.61. The number of hydrogen-bond acceptors (Lipinski definition) is 2. The molecule has 0 saturated carbocycles. The number of fused-ring (bicyclic) bond motifs is 1. The van der Waals surface area contributed by atoms with E-state index in [4.69, 9.17) is 11.6 Å². The molecular formula is C18H15ClN2O. The average Bonchev–Trinajstić information content (AvgIpc) is 2.55. The van der Waals surface area contributed by atoms with Crippen molar-refractivity contribution in [1.29, 1.82) is 0 Å². The zero-order chi connectivity index (χ0) is 15.4. The molecule has 3 nitrogen and oxygen atoms in total. The van der Waals surface area contributed by atoms with Gasteiger partial charge in [-0.25, -0.2) is 0 Å². The Hall–Kier alpha value is -2.52. The van der Waals surface area contributed by atoms with Gasteiger partial charge in [-0.3, -0.25) is 4.79 Å². The van der Waals surface area contributed by atoms with Gasteiger partial charge in [-0.15, -0.1) is 0 Å². The van der Waals surface area contributed by atoms with Crippen LogP contribution in [-0.2, 0) is 4.79 Å². The molecule has 0 fully saturated rings. The number of anilines is 2. The number of carbonyl (C=O) groups is 1. The fraction of sp³-hybridized carbons (Fsp3) is 0.0556. The Morgan fingerprint density at radius 1 is 0.909 bits per heavy atom. The van der Waals surface area contributed by atoms with Crippen LogP contribution in [0, 0.1) is 0 Å². The molecule has 22 heavy (non-hydrogen) atoms. The lowest BCUT2D eigenvalue weighted by atomic mass is 10.1. The summed E-state index contributed by atoms with van der Waals surface area (Å²) in [5, 5.41) is 8.82. The first kappa shape index (κ1) is 14.4. The summed E-state index contributed by atoms with van der Waals surface area (Å²) in [7, 11) is 0. The predicted molar refractivity (Wildman–Crippen MR) is 92.5 cm³/mol. The van der Waals surface area contributed by atoms with Gasteiger partial charge in [0.05, 0.1) is 6.54 Å². The molecular weight excluding hydrogens is 296 g/mol. The van der Waals surface area contributed by atoms with Crippen molar-refractivity contribution in [3.63, 3.8) is 0 Å². The molecule has 0 aliphatic rings. The minimum atomic E-state index is -0.0914. The summed E-state index contributed by atoms with van der Waals surface area (Å²) in [6.07, 6.45) is 0. The number of halogens is 1. The Balaban J connectivity index is 1.67. The van der Waals surface area contributed by atoms with Crippen LogP contribution >= 0.6 is 11.6 Å². The van der Waals surface area contributed by atoms with Crippen LogP contribution in [0.1, 0.15) is 0 Å². The van der Waals surface area contributed by atoms with Gasteiger partial charge in [0.2, 0.25) is 5.91 Å². The van der Waals surface area contributed by atoms with Crippen LogP contribution in [-0.4, -0.2) is 12.5 Å². The van der Waals surface area contributed by atoms with Gasteiger partial charge in [-0.1, -0.05) is 48.0 Å². The molecule has 0 bridgehead atoms. The van der Waals surface area contributed by atoms with Crippen molar-refractivity contribution in [2.75, 3.05) is 17.2 Å². The Bertz CT molecular complexity index is 794. The number of amides is 1. The number of nitrogens with one attached hydrogen (secondary N) is 2. The van der Waals surface area contributed by atoms with Crippen LogP contribution in [0.2, 0.25) is 5.02 Å². The molecule has 2 N–H and O–H groups in total. The summed E-state index contributed by atoms with van der Waals surface area (Å²) >= 11 is 5.83.